The number of Topliss-reactive ketones (excluding diaryl/α,β-unsaturated/α-hetero) is 1. The lowest BCUT2D eigenvalue weighted by Gasteiger charge is -2.43. The summed E-state index contributed by atoms with van der Waals surface area (Å²) in [5.41, 5.74) is 0.454. The average Bonchev–Trinajstić information content (AvgIpc) is 3.63. The van der Waals surface area contributed by atoms with E-state index < -0.39 is 35.2 Å². The van der Waals surface area contributed by atoms with Gasteiger partial charge in [-0.05, 0) is 44.9 Å². The van der Waals surface area contributed by atoms with Gasteiger partial charge in [-0.25, -0.2) is 23.4 Å². The number of methoxy groups -OCH3 is 1. The van der Waals surface area contributed by atoms with Gasteiger partial charge in [-0.1, -0.05) is 13.0 Å². The van der Waals surface area contributed by atoms with Gasteiger partial charge in [0.1, 0.15) is 6.04 Å². The first-order chi connectivity index (χ1) is 20.4. The molecular formula is C30H36F2N6O4S. The number of urea groups is 1. The van der Waals surface area contributed by atoms with Crippen LogP contribution >= 0.6 is 11.3 Å². The van der Waals surface area contributed by atoms with Crippen molar-refractivity contribution in [3.63, 3.8) is 0 Å². The van der Waals surface area contributed by atoms with Crippen molar-refractivity contribution in [1.29, 1.82) is 0 Å². The number of rotatable bonds is 7. The van der Waals surface area contributed by atoms with Crippen LogP contribution in [0.5, 0.6) is 0 Å². The Bertz CT molecular complexity index is 1500. The minimum atomic E-state index is -1.02. The molecule has 0 unspecified atom stereocenters. The van der Waals surface area contributed by atoms with Crippen LogP contribution in [-0.2, 0) is 14.3 Å². The number of esters is 1. The Morgan fingerprint density at radius 2 is 1.95 bits per heavy atom. The number of ketones is 1. The van der Waals surface area contributed by atoms with Gasteiger partial charge in [-0.15, -0.1) is 11.3 Å². The van der Waals surface area contributed by atoms with Gasteiger partial charge in [0.05, 0.1) is 24.8 Å². The van der Waals surface area contributed by atoms with Crippen molar-refractivity contribution in [3.8, 4) is 0 Å². The molecule has 3 atom stereocenters. The van der Waals surface area contributed by atoms with E-state index in [1.54, 1.807) is 28.3 Å². The molecule has 0 radical (unpaired) electrons. The number of aliphatic imine (C=N–C) groups is 1. The van der Waals surface area contributed by atoms with Gasteiger partial charge in [0.25, 0.3) is 0 Å². The van der Waals surface area contributed by atoms with Gasteiger partial charge >= 0.3 is 12.0 Å². The number of carbonyl (C=O) groups excluding carboxylic acids is 3. The van der Waals surface area contributed by atoms with E-state index in [9.17, 15) is 23.2 Å². The maximum atomic E-state index is 14.8. The molecule has 1 aromatic carbocycles. The van der Waals surface area contributed by atoms with Crippen molar-refractivity contribution in [2.75, 3.05) is 33.3 Å². The number of amides is 2. The molecule has 10 nitrogen and oxygen atoms in total. The first-order valence-electron chi connectivity index (χ1n) is 14.2. The van der Waals surface area contributed by atoms with Gasteiger partial charge in [0.15, 0.2) is 28.3 Å². The van der Waals surface area contributed by atoms with E-state index >= 15 is 0 Å². The second kappa shape index (κ2) is 11.8. The SMILES string of the molecule is CCC(=O)[C@H]1[C@@H]2CN(C(C)(C)C)C(=O)N2CCN1CC1=C(C(=O)OC)[C@H](c2ccc(F)c(F)c2C)N=C(c2nccs2)N1. The summed E-state index contributed by atoms with van der Waals surface area (Å²) < 4.78 is 34.1. The molecule has 2 amide bonds. The molecule has 1 aromatic heterocycles. The number of fused-ring (bicyclic) bond motifs is 1. The summed E-state index contributed by atoms with van der Waals surface area (Å²) in [4.78, 5) is 54.9. The second-order valence-corrected chi connectivity index (χ2v) is 12.8. The van der Waals surface area contributed by atoms with Crippen molar-refractivity contribution >= 4 is 35.0 Å². The summed E-state index contributed by atoms with van der Waals surface area (Å²) in [6.45, 7) is 10.5. The molecule has 4 heterocycles. The highest BCUT2D eigenvalue weighted by Crippen LogP contribution is 2.37. The number of aromatic nitrogens is 1. The highest BCUT2D eigenvalue weighted by Gasteiger charge is 2.51. The minimum Gasteiger partial charge on any atom is -0.466 e. The smallest absolute Gasteiger partial charge is 0.338 e. The lowest BCUT2D eigenvalue weighted by Crippen LogP contribution is -2.62. The molecule has 1 N–H and O–H groups in total. The van der Waals surface area contributed by atoms with Crippen molar-refractivity contribution < 1.29 is 27.9 Å². The third-order valence-electron chi connectivity index (χ3n) is 8.32. The van der Waals surface area contributed by atoms with Crippen LogP contribution in [0.2, 0.25) is 0 Å². The Morgan fingerprint density at radius 1 is 1.21 bits per heavy atom. The fraction of sp³-hybridized carbons (Fsp3) is 0.500. The van der Waals surface area contributed by atoms with Crippen molar-refractivity contribution in [2.45, 2.75) is 64.7 Å². The van der Waals surface area contributed by atoms with Crippen LogP contribution in [0.25, 0.3) is 0 Å². The Balaban J connectivity index is 1.60. The zero-order chi connectivity index (χ0) is 31.2. The number of carbonyl (C=O) groups is 3. The molecule has 43 heavy (non-hydrogen) atoms. The molecule has 230 valence electrons. The molecular weight excluding hydrogens is 578 g/mol. The third-order valence-corrected chi connectivity index (χ3v) is 9.10. The topological polar surface area (TPSA) is 107 Å². The maximum Gasteiger partial charge on any atom is 0.338 e. The fourth-order valence-electron chi connectivity index (χ4n) is 6.09. The number of thiazole rings is 1. The third kappa shape index (κ3) is 5.55. The Morgan fingerprint density at radius 3 is 2.58 bits per heavy atom. The van der Waals surface area contributed by atoms with E-state index in [0.29, 0.717) is 41.7 Å². The van der Waals surface area contributed by atoms with Gasteiger partial charge in [0.2, 0.25) is 0 Å². The van der Waals surface area contributed by atoms with E-state index in [-0.39, 0.29) is 42.0 Å². The first-order valence-corrected chi connectivity index (χ1v) is 15.1. The minimum absolute atomic E-state index is 0.0175. The number of benzene rings is 1. The number of nitrogens with zero attached hydrogens (tertiary/aromatic N) is 5. The van der Waals surface area contributed by atoms with Gasteiger partial charge in [-0.2, -0.15) is 0 Å². The van der Waals surface area contributed by atoms with E-state index in [1.807, 2.05) is 25.7 Å². The van der Waals surface area contributed by atoms with Crippen molar-refractivity contribution in [2.24, 2.45) is 4.99 Å². The van der Waals surface area contributed by atoms with Gasteiger partial charge in [-0.3, -0.25) is 14.7 Å². The zero-order valence-electron chi connectivity index (χ0n) is 25.1. The Hall–Kier alpha value is -3.71. The monoisotopic (exact) mass is 614 g/mol. The summed E-state index contributed by atoms with van der Waals surface area (Å²) in [6.07, 6.45) is 1.89. The first kappa shape index (κ1) is 30.7. The van der Waals surface area contributed by atoms with E-state index in [4.69, 9.17) is 9.73 Å². The predicted molar refractivity (Wildman–Crippen MR) is 158 cm³/mol. The standard InChI is InChI=1S/C30H36F2N6O4S/c1-7-21(39)25-20-15-38(30(3,4)5)29(41)37(20)12-11-36(25)14-19-22(28(40)42-6)24(17-8-9-18(31)23(32)16(17)2)35-26(34-19)27-33-10-13-43-27/h8-10,13,20,24-25H,7,11-12,14-15H2,1-6H3,(H,34,35)/t20-,24-,25+/m0/s1. The molecule has 0 spiro atoms. The quantitative estimate of drug-likeness (QED) is 0.473. The van der Waals surface area contributed by atoms with Gasteiger partial charge in [0, 0.05) is 55.4 Å². The molecule has 0 aliphatic carbocycles. The van der Waals surface area contributed by atoms with Crippen LogP contribution in [0.3, 0.4) is 0 Å². The average molecular weight is 615 g/mol. The molecule has 3 aliphatic heterocycles. The van der Waals surface area contributed by atoms with Crippen LogP contribution in [0.4, 0.5) is 13.6 Å². The summed E-state index contributed by atoms with van der Waals surface area (Å²) in [6, 6.07) is 0.330. The second-order valence-electron chi connectivity index (χ2n) is 11.9. The number of nitrogens with one attached hydrogen (secondary N) is 1. The normalized spacial score (nSPS) is 22.8. The molecule has 13 heteroatoms. The molecule has 2 saturated heterocycles. The van der Waals surface area contributed by atoms with E-state index in [1.165, 1.54) is 31.4 Å². The maximum absolute atomic E-state index is 14.8. The lowest BCUT2D eigenvalue weighted by molar-refractivity contribution is -0.136. The number of amidine groups is 1. The Kier molecular flexibility index (Phi) is 8.41. The molecule has 2 aromatic rings. The van der Waals surface area contributed by atoms with Crippen LogP contribution in [0.15, 0.2) is 40.0 Å². The molecule has 5 rings (SSSR count). The fourth-order valence-corrected chi connectivity index (χ4v) is 6.68. The van der Waals surface area contributed by atoms with Crippen LogP contribution in [0.1, 0.15) is 56.3 Å². The largest absolute Gasteiger partial charge is 0.466 e. The van der Waals surface area contributed by atoms with Crippen LogP contribution < -0.4 is 5.32 Å². The molecule has 3 aliphatic rings. The molecule has 0 bridgehead atoms. The van der Waals surface area contributed by atoms with Crippen LogP contribution in [-0.4, -0.2) is 94.2 Å². The predicted octanol–water partition coefficient (Wildman–Crippen LogP) is 3.82. The van der Waals surface area contributed by atoms with E-state index in [2.05, 4.69) is 10.3 Å². The number of hydrogen-bond donors (Lipinski definition) is 1. The Labute approximate surface area is 253 Å². The molecule has 0 saturated carbocycles. The summed E-state index contributed by atoms with van der Waals surface area (Å²) >= 11 is 1.33. The highest BCUT2D eigenvalue weighted by molar-refractivity contribution is 7.11. The lowest BCUT2D eigenvalue weighted by atomic mass is 9.91. The summed E-state index contributed by atoms with van der Waals surface area (Å²) in [5.74, 6) is -2.37. The number of hydrogen-bond acceptors (Lipinski definition) is 9. The summed E-state index contributed by atoms with van der Waals surface area (Å²) in [5, 5.41) is 5.58. The highest BCUT2D eigenvalue weighted by atomic mass is 32.1. The van der Waals surface area contributed by atoms with Crippen LogP contribution in [0, 0.1) is 18.6 Å². The zero-order valence-corrected chi connectivity index (χ0v) is 25.9. The van der Waals surface area contributed by atoms with Crippen molar-refractivity contribution in [3.05, 3.63) is 62.7 Å². The number of ether oxygens (including phenoxy) is 1. The van der Waals surface area contributed by atoms with Crippen molar-refractivity contribution in [1.82, 2.24) is 25.0 Å². The number of piperazine rings is 1. The molecule has 2 fully saturated rings. The number of halogens is 2. The van der Waals surface area contributed by atoms with Gasteiger partial charge < -0.3 is 19.9 Å². The summed E-state index contributed by atoms with van der Waals surface area (Å²) in [7, 11) is 1.25. The van der Waals surface area contributed by atoms with E-state index in [0.717, 1.165) is 6.07 Å².